The summed E-state index contributed by atoms with van der Waals surface area (Å²) in [7, 11) is -2.27. The highest BCUT2D eigenvalue weighted by molar-refractivity contribution is 7.92. The lowest BCUT2D eigenvalue weighted by molar-refractivity contribution is 0.0947. The molecule has 0 aromatic heterocycles. The Balaban J connectivity index is 1.58. The number of nitrogens with zero attached hydrogens (tertiary/aromatic N) is 1. The number of nitrogens with one attached hydrogen (secondary N) is 1. The van der Waals surface area contributed by atoms with Crippen LogP contribution in [-0.2, 0) is 10.0 Å². The van der Waals surface area contributed by atoms with Crippen molar-refractivity contribution in [1.29, 1.82) is 0 Å². The predicted molar refractivity (Wildman–Crippen MR) is 127 cm³/mol. The van der Waals surface area contributed by atoms with Crippen LogP contribution in [-0.4, -0.2) is 34.5 Å². The first-order chi connectivity index (χ1) is 15.2. The Labute approximate surface area is 193 Å². The largest absolute Gasteiger partial charge is 0.491 e. The third-order valence-electron chi connectivity index (χ3n) is 4.95. The molecule has 3 aromatic carbocycles. The number of amides is 1. The molecule has 0 radical (unpaired) electrons. The third-order valence-corrected chi connectivity index (χ3v) is 7.01. The first-order valence-electron chi connectivity index (χ1n) is 10.0. The number of carbonyl (C=O) groups is 1. The number of benzene rings is 3. The molecular weight excluding hydrogens is 448 g/mol. The van der Waals surface area contributed by atoms with Crippen molar-refractivity contribution in [1.82, 2.24) is 5.32 Å². The Morgan fingerprint density at radius 3 is 2.31 bits per heavy atom. The number of hydrogen-bond donors (Lipinski definition) is 1. The van der Waals surface area contributed by atoms with Crippen molar-refractivity contribution >= 4 is 33.2 Å². The summed E-state index contributed by atoms with van der Waals surface area (Å²) in [5.41, 5.74) is 3.01. The summed E-state index contributed by atoms with van der Waals surface area (Å²) < 4.78 is 32.5. The van der Waals surface area contributed by atoms with Gasteiger partial charge in [0, 0.05) is 17.6 Å². The number of ether oxygens (including phenoxy) is 1. The number of hydrogen-bond acceptors (Lipinski definition) is 4. The number of aryl methyl sites for hydroxylation is 2. The molecule has 0 atom stereocenters. The molecule has 3 aromatic rings. The Morgan fingerprint density at radius 2 is 1.66 bits per heavy atom. The first-order valence-corrected chi connectivity index (χ1v) is 11.8. The van der Waals surface area contributed by atoms with E-state index in [0.717, 1.165) is 21.2 Å². The Morgan fingerprint density at radius 1 is 1.00 bits per heavy atom. The molecule has 0 saturated heterocycles. The second-order valence-electron chi connectivity index (χ2n) is 7.35. The number of rotatable bonds is 8. The van der Waals surface area contributed by atoms with E-state index in [1.165, 1.54) is 31.3 Å². The van der Waals surface area contributed by atoms with E-state index in [2.05, 4.69) is 5.32 Å². The number of anilines is 1. The Bertz CT molecular complexity index is 1190. The van der Waals surface area contributed by atoms with E-state index in [0.29, 0.717) is 29.4 Å². The van der Waals surface area contributed by atoms with Crippen LogP contribution in [0.1, 0.15) is 21.5 Å². The van der Waals surface area contributed by atoms with Gasteiger partial charge in [0.05, 0.1) is 17.1 Å². The minimum Gasteiger partial charge on any atom is -0.491 e. The summed E-state index contributed by atoms with van der Waals surface area (Å²) in [6, 6.07) is 18.3. The molecule has 0 unspecified atom stereocenters. The van der Waals surface area contributed by atoms with Gasteiger partial charge in [0.15, 0.2) is 0 Å². The maximum Gasteiger partial charge on any atom is 0.264 e. The van der Waals surface area contributed by atoms with Crippen LogP contribution in [0.2, 0.25) is 5.02 Å². The zero-order valence-electron chi connectivity index (χ0n) is 18.1. The summed E-state index contributed by atoms with van der Waals surface area (Å²) >= 11 is 5.84. The van der Waals surface area contributed by atoms with E-state index in [4.69, 9.17) is 16.3 Å². The van der Waals surface area contributed by atoms with Gasteiger partial charge in [0.1, 0.15) is 12.4 Å². The topological polar surface area (TPSA) is 75.7 Å². The fourth-order valence-corrected chi connectivity index (χ4v) is 4.34. The highest BCUT2D eigenvalue weighted by Gasteiger charge is 2.21. The van der Waals surface area contributed by atoms with E-state index in [-0.39, 0.29) is 10.8 Å². The second kappa shape index (κ2) is 10.1. The van der Waals surface area contributed by atoms with Crippen molar-refractivity contribution in [3.8, 4) is 5.75 Å². The number of carbonyl (C=O) groups excluding carboxylic acids is 1. The van der Waals surface area contributed by atoms with Crippen LogP contribution in [0.3, 0.4) is 0 Å². The molecule has 3 rings (SSSR count). The fourth-order valence-electron chi connectivity index (χ4n) is 3.02. The summed E-state index contributed by atoms with van der Waals surface area (Å²) in [6.07, 6.45) is 0. The molecule has 0 bridgehead atoms. The summed E-state index contributed by atoms with van der Waals surface area (Å²) in [4.78, 5) is 12.5. The lowest BCUT2D eigenvalue weighted by Crippen LogP contribution is -2.28. The zero-order valence-corrected chi connectivity index (χ0v) is 19.7. The average Bonchev–Trinajstić information content (AvgIpc) is 2.78. The molecule has 32 heavy (non-hydrogen) atoms. The zero-order chi connectivity index (χ0) is 23.3. The van der Waals surface area contributed by atoms with Gasteiger partial charge < -0.3 is 10.1 Å². The molecule has 1 amide bonds. The molecule has 6 nitrogen and oxygen atoms in total. The van der Waals surface area contributed by atoms with E-state index < -0.39 is 10.0 Å². The van der Waals surface area contributed by atoms with Crippen molar-refractivity contribution < 1.29 is 17.9 Å². The minimum atomic E-state index is -3.73. The third kappa shape index (κ3) is 5.60. The van der Waals surface area contributed by atoms with Crippen LogP contribution in [0.4, 0.5) is 5.69 Å². The van der Waals surface area contributed by atoms with Gasteiger partial charge in [-0.05, 0) is 79.6 Å². The second-order valence-corrected chi connectivity index (χ2v) is 9.75. The quantitative estimate of drug-likeness (QED) is 0.486. The molecule has 0 fully saturated rings. The van der Waals surface area contributed by atoms with Gasteiger partial charge in [-0.2, -0.15) is 0 Å². The first kappa shape index (κ1) is 23.6. The van der Waals surface area contributed by atoms with Gasteiger partial charge >= 0.3 is 0 Å². The smallest absolute Gasteiger partial charge is 0.264 e. The molecule has 0 aliphatic rings. The average molecular weight is 473 g/mol. The van der Waals surface area contributed by atoms with Crippen molar-refractivity contribution in [2.45, 2.75) is 18.7 Å². The number of halogens is 1. The molecule has 0 aliphatic carbocycles. The van der Waals surface area contributed by atoms with Crippen LogP contribution >= 0.6 is 11.6 Å². The highest BCUT2D eigenvalue weighted by atomic mass is 35.5. The van der Waals surface area contributed by atoms with E-state index in [9.17, 15) is 13.2 Å². The van der Waals surface area contributed by atoms with Gasteiger partial charge in [-0.3, -0.25) is 9.10 Å². The Kier molecular flexibility index (Phi) is 7.43. The highest BCUT2D eigenvalue weighted by Crippen LogP contribution is 2.23. The van der Waals surface area contributed by atoms with Crippen LogP contribution in [0.5, 0.6) is 5.75 Å². The van der Waals surface area contributed by atoms with Gasteiger partial charge in [-0.25, -0.2) is 8.42 Å². The normalized spacial score (nSPS) is 11.1. The van der Waals surface area contributed by atoms with Gasteiger partial charge in [0.2, 0.25) is 0 Å². The number of sulfonamides is 1. The molecule has 1 N–H and O–H groups in total. The van der Waals surface area contributed by atoms with Crippen molar-refractivity contribution in [3.05, 3.63) is 88.4 Å². The standard InChI is InChI=1S/C24H25ClN2O4S/c1-17-4-5-18(2)23(16-17)31-15-14-26-24(28)19-6-10-21(11-7-19)27(3)32(29,30)22-12-8-20(25)9-13-22/h4-13,16H,14-15H2,1-3H3,(H,26,28). The summed E-state index contributed by atoms with van der Waals surface area (Å²) in [6.45, 7) is 4.66. The van der Waals surface area contributed by atoms with E-state index in [1.807, 2.05) is 32.0 Å². The van der Waals surface area contributed by atoms with Crippen molar-refractivity contribution in [2.24, 2.45) is 0 Å². The monoisotopic (exact) mass is 472 g/mol. The minimum absolute atomic E-state index is 0.134. The van der Waals surface area contributed by atoms with E-state index in [1.54, 1.807) is 24.3 Å². The Hall–Kier alpha value is -3.03. The molecule has 0 saturated carbocycles. The predicted octanol–water partition coefficient (Wildman–Crippen LogP) is 4.59. The summed E-state index contributed by atoms with van der Waals surface area (Å²) in [5.74, 6) is 0.540. The van der Waals surface area contributed by atoms with Crippen molar-refractivity contribution in [2.75, 3.05) is 24.5 Å². The maximum absolute atomic E-state index is 12.8. The van der Waals surface area contributed by atoms with Crippen LogP contribution < -0.4 is 14.4 Å². The molecule has 0 heterocycles. The van der Waals surface area contributed by atoms with Crippen LogP contribution in [0.25, 0.3) is 0 Å². The van der Waals surface area contributed by atoms with Crippen molar-refractivity contribution in [3.63, 3.8) is 0 Å². The van der Waals surface area contributed by atoms with Gasteiger partial charge in [0.25, 0.3) is 15.9 Å². The fraction of sp³-hybridized carbons (Fsp3) is 0.208. The molecule has 168 valence electrons. The SMILES string of the molecule is Cc1ccc(C)c(OCCNC(=O)c2ccc(N(C)S(=O)(=O)c3ccc(Cl)cc3)cc2)c1. The summed E-state index contributed by atoms with van der Waals surface area (Å²) in [5, 5.41) is 3.26. The van der Waals surface area contributed by atoms with Gasteiger partial charge in [-0.15, -0.1) is 0 Å². The maximum atomic E-state index is 12.8. The molecule has 0 spiro atoms. The molecular formula is C24H25ClN2O4S. The molecule has 0 aliphatic heterocycles. The molecule has 8 heteroatoms. The van der Waals surface area contributed by atoms with Crippen LogP contribution in [0.15, 0.2) is 71.6 Å². The van der Waals surface area contributed by atoms with Crippen LogP contribution in [0, 0.1) is 13.8 Å². The lowest BCUT2D eigenvalue weighted by Gasteiger charge is -2.20. The van der Waals surface area contributed by atoms with E-state index >= 15 is 0 Å². The van der Waals surface area contributed by atoms with Gasteiger partial charge in [-0.1, -0.05) is 23.7 Å². The lowest BCUT2D eigenvalue weighted by atomic mass is 10.1.